The molecular formula is C17H22N2O4S. The summed E-state index contributed by atoms with van der Waals surface area (Å²) < 4.78 is 4.97. The molecule has 2 rings (SSSR count). The van der Waals surface area contributed by atoms with Gasteiger partial charge < -0.3 is 15.0 Å². The third-order valence-corrected chi connectivity index (χ3v) is 4.61. The number of rotatable bonds is 6. The molecule has 6 nitrogen and oxygen atoms in total. The van der Waals surface area contributed by atoms with Crippen molar-refractivity contribution in [3.63, 3.8) is 0 Å². The molecule has 1 aliphatic rings. The predicted octanol–water partition coefficient (Wildman–Crippen LogP) is 2.77. The number of carbonyl (C=O) groups excluding carboxylic acids is 3. The first kappa shape index (κ1) is 18.3. The molecule has 0 aliphatic carbocycles. The molecule has 7 heteroatoms. The van der Waals surface area contributed by atoms with Crippen LogP contribution in [-0.4, -0.2) is 47.5 Å². The van der Waals surface area contributed by atoms with E-state index >= 15 is 0 Å². The molecule has 1 N–H and O–H groups in total. The molecule has 0 radical (unpaired) electrons. The summed E-state index contributed by atoms with van der Waals surface area (Å²) in [5.41, 5.74) is 2.76. The van der Waals surface area contributed by atoms with Crippen molar-refractivity contribution in [2.75, 3.05) is 30.8 Å². The van der Waals surface area contributed by atoms with Gasteiger partial charge in [0.2, 0.25) is 0 Å². The molecule has 1 fully saturated rings. The highest BCUT2D eigenvalue weighted by Gasteiger charge is 2.24. The molecule has 24 heavy (non-hydrogen) atoms. The third-order valence-electron chi connectivity index (χ3n) is 3.72. The lowest BCUT2D eigenvalue weighted by atomic mass is 9.98. The second-order valence-electron chi connectivity index (χ2n) is 5.94. The highest BCUT2D eigenvalue weighted by molar-refractivity contribution is 8.13. The molecular weight excluding hydrogens is 328 g/mol. The van der Waals surface area contributed by atoms with Crippen LogP contribution in [0.25, 0.3) is 0 Å². The van der Waals surface area contributed by atoms with Crippen molar-refractivity contribution < 1.29 is 19.1 Å². The van der Waals surface area contributed by atoms with Crippen LogP contribution < -0.4 is 5.32 Å². The van der Waals surface area contributed by atoms with Gasteiger partial charge in [-0.25, -0.2) is 0 Å². The van der Waals surface area contributed by atoms with Crippen molar-refractivity contribution >= 4 is 34.6 Å². The molecule has 0 saturated carbocycles. The van der Waals surface area contributed by atoms with Gasteiger partial charge in [-0.2, -0.15) is 0 Å². The summed E-state index contributed by atoms with van der Waals surface area (Å²) in [4.78, 5) is 36.7. The Bertz CT molecular complexity index is 645. The lowest BCUT2D eigenvalue weighted by Crippen LogP contribution is -2.32. The molecule has 1 aliphatic heterocycles. The van der Waals surface area contributed by atoms with E-state index in [0.29, 0.717) is 12.3 Å². The van der Waals surface area contributed by atoms with Gasteiger partial charge in [0.25, 0.3) is 11.1 Å². The molecule has 0 aromatic heterocycles. The average Bonchev–Trinajstić information content (AvgIpc) is 2.92. The largest absolute Gasteiger partial charge is 0.454 e. The number of nitrogens with zero attached hydrogens (tertiary/aromatic N) is 1. The van der Waals surface area contributed by atoms with Crippen LogP contribution in [0.15, 0.2) is 18.2 Å². The van der Waals surface area contributed by atoms with Crippen LogP contribution in [0, 0.1) is 6.92 Å². The van der Waals surface area contributed by atoms with Crippen LogP contribution in [0.4, 0.5) is 10.5 Å². The first-order valence-corrected chi connectivity index (χ1v) is 8.83. The Labute approximate surface area is 145 Å². The van der Waals surface area contributed by atoms with Crippen LogP contribution in [0.1, 0.15) is 30.9 Å². The smallest absolute Gasteiger partial charge is 0.326 e. The molecule has 0 spiro atoms. The van der Waals surface area contributed by atoms with E-state index in [4.69, 9.17) is 4.74 Å². The number of nitrogens with one attached hydrogen (secondary N) is 1. The molecule has 1 heterocycles. The van der Waals surface area contributed by atoms with Crippen molar-refractivity contribution in [2.45, 2.75) is 26.7 Å². The number of esters is 1. The van der Waals surface area contributed by atoms with Gasteiger partial charge in [0, 0.05) is 18.0 Å². The normalized spacial score (nSPS) is 14.2. The quantitative estimate of drug-likeness (QED) is 0.799. The second kappa shape index (κ2) is 8.19. The molecule has 1 aromatic carbocycles. The number of hydrogen-bond acceptors (Lipinski definition) is 5. The van der Waals surface area contributed by atoms with Gasteiger partial charge in [0.1, 0.15) is 6.54 Å². The fraction of sp³-hybridized carbons (Fsp3) is 0.471. The Morgan fingerprint density at radius 1 is 1.38 bits per heavy atom. The molecule has 0 atom stereocenters. The van der Waals surface area contributed by atoms with Gasteiger partial charge in [-0.15, -0.1) is 0 Å². The monoisotopic (exact) mass is 350 g/mol. The maximum atomic E-state index is 12.1. The maximum absolute atomic E-state index is 12.1. The number of benzene rings is 1. The molecule has 0 bridgehead atoms. The van der Waals surface area contributed by atoms with Crippen molar-refractivity contribution in [1.82, 2.24) is 4.90 Å². The lowest BCUT2D eigenvalue weighted by Gasteiger charge is -2.17. The van der Waals surface area contributed by atoms with Gasteiger partial charge in [0.15, 0.2) is 6.61 Å². The van der Waals surface area contributed by atoms with Gasteiger partial charge >= 0.3 is 5.97 Å². The summed E-state index contributed by atoms with van der Waals surface area (Å²) in [6, 6.07) is 5.84. The Balaban J connectivity index is 1.87. The van der Waals surface area contributed by atoms with E-state index in [-0.39, 0.29) is 30.2 Å². The highest BCUT2D eigenvalue weighted by Crippen LogP contribution is 2.27. The topological polar surface area (TPSA) is 75.7 Å². The number of carbonyl (C=O) groups is 3. The van der Waals surface area contributed by atoms with E-state index < -0.39 is 5.97 Å². The SMILES string of the molecule is Cc1cccc(C(C)C)c1NC(=O)COC(=O)CN1CCSC1=O. The van der Waals surface area contributed by atoms with Crippen molar-refractivity contribution in [3.05, 3.63) is 29.3 Å². The second-order valence-corrected chi connectivity index (χ2v) is 6.98. The fourth-order valence-corrected chi connectivity index (χ4v) is 3.26. The average molecular weight is 350 g/mol. The maximum Gasteiger partial charge on any atom is 0.326 e. The Hall–Kier alpha value is -2.02. The van der Waals surface area contributed by atoms with E-state index in [0.717, 1.165) is 16.8 Å². The molecule has 130 valence electrons. The van der Waals surface area contributed by atoms with Crippen LogP contribution >= 0.6 is 11.8 Å². The highest BCUT2D eigenvalue weighted by atomic mass is 32.2. The van der Waals surface area contributed by atoms with Gasteiger partial charge in [-0.05, 0) is 24.0 Å². The number of thioether (sulfide) groups is 1. The molecule has 1 aromatic rings. The summed E-state index contributed by atoms with van der Waals surface area (Å²) in [5, 5.41) is 2.69. The zero-order chi connectivity index (χ0) is 17.7. The zero-order valence-electron chi connectivity index (χ0n) is 14.1. The summed E-state index contributed by atoms with van der Waals surface area (Å²) in [6.07, 6.45) is 0. The van der Waals surface area contributed by atoms with Crippen molar-refractivity contribution in [1.29, 1.82) is 0 Å². The Morgan fingerprint density at radius 3 is 2.75 bits per heavy atom. The predicted molar refractivity (Wildman–Crippen MR) is 94.3 cm³/mol. The number of ether oxygens (including phenoxy) is 1. The first-order valence-electron chi connectivity index (χ1n) is 7.85. The van der Waals surface area contributed by atoms with E-state index in [1.54, 1.807) is 0 Å². The number of para-hydroxylation sites is 1. The van der Waals surface area contributed by atoms with E-state index in [2.05, 4.69) is 19.2 Å². The van der Waals surface area contributed by atoms with Crippen LogP contribution in [0.3, 0.4) is 0 Å². The van der Waals surface area contributed by atoms with Crippen molar-refractivity contribution in [2.24, 2.45) is 0 Å². The summed E-state index contributed by atoms with van der Waals surface area (Å²) in [6.45, 7) is 6.08. The third kappa shape index (κ3) is 4.74. The summed E-state index contributed by atoms with van der Waals surface area (Å²) in [7, 11) is 0. The number of aryl methyl sites for hydroxylation is 1. The fourth-order valence-electron chi connectivity index (χ4n) is 2.43. The van der Waals surface area contributed by atoms with Gasteiger partial charge in [-0.1, -0.05) is 43.8 Å². The minimum absolute atomic E-state index is 0.110. The minimum atomic E-state index is -0.574. The van der Waals surface area contributed by atoms with E-state index in [9.17, 15) is 14.4 Å². The van der Waals surface area contributed by atoms with E-state index in [1.165, 1.54) is 16.7 Å². The van der Waals surface area contributed by atoms with E-state index in [1.807, 2.05) is 25.1 Å². The molecule has 0 unspecified atom stereocenters. The zero-order valence-corrected chi connectivity index (χ0v) is 14.9. The van der Waals surface area contributed by atoms with Gasteiger partial charge in [-0.3, -0.25) is 14.4 Å². The van der Waals surface area contributed by atoms with Gasteiger partial charge in [0.05, 0.1) is 0 Å². The van der Waals surface area contributed by atoms with Crippen LogP contribution in [-0.2, 0) is 14.3 Å². The first-order chi connectivity index (χ1) is 11.4. The Kier molecular flexibility index (Phi) is 6.25. The molecule has 1 saturated heterocycles. The lowest BCUT2D eigenvalue weighted by molar-refractivity contribution is -0.147. The van der Waals surface area contributed by atoms with Crippen LogP contribution in [0.2, 0.25) is 0 Å². The minimum Gasteiger partial charge on any atom is -0.454 e. The Morgan fingerprint density at radius 2 is 2.12 bits per heavy atom. The number of anilines is 1. The summed E-state index contributed by atoms with van der Waals surface area (Å²) >= 11 is 1.18. The standard InChI is InChI=1S/C17H22N2O4S/c1-11(2)13-6-4-5-12(3)16(13)18-14(20)10-23-15(21)9-19-7-8-24-17(19)22/h4-6,11H,7-10H2,1-3H3,(H,18,20). The van der Waals surface area contributed by atoms with Crippen molar-refractivity contribution in [3.8, 4) is 0 Å². The summed E-state index contributed by atoms with van der Waals surface area (Å²) in [5.74, 6) is -0.0179. The molecule has 2 amide bonds. The number of amides is 2. The number of hydrogen-bond donors (Lipinski definition) is 1. The van der Waals surface area contributed by atoms with Crippen LogP contribution in [0.5, 0.6) is 0 Å².